The standard InChI is InChI=1S/C20H20ClN3O3/c1-11-6-7-15(9-18(11)21)24-20(27)17-10-16(17)19(26)23-14-5-3-4-13(8-14)22-12(2)25/h3-9,16-17H,10H2,1-2H3,(H,22,25)(H,23,26)(H,24,27). The fraction of sp³-hybridized carbons (Fsp3) is 0.250. The first-order chi connectivity index (χ1) is 12.8. The molecule has 0 heterocycles. The van der Waals surface area contributed by atoms with Crippen LogP contribution >= 0.6 is 11.6 Å². The molecule has 0 saturated heterocycles. The zero-order valence-electron chi connectivity index (χ0n) is 15.0. The fourth-order valence-electron chi connectivity index (χ4n) is 2.79. The Morgan fingerprint density at radius 1 is 0.889 bits per heavy atom. The Morgan fingerprint density at radius 3 is 2.00 bits per heavy atom. The molecular formula is C20H20ClN3O3. The normalized spacial score (nSPS) is 17.7. The zero-order valence-corrected chi connectivity index (χ0v) is 15.8. The number of carbonyl (C=O) groups excluding carboxylic acids is 3. The second-order valence-corrected chi connectivity index (χ2v) is 7.06. The first kappa shape index (κ1) is 18.9. The van der Waals surface area contributed by atoms with Crippen molar-refractivity contribution in [3.05, 3.63) is 53.1 Å². The van der Waals surface area contributed by atoms with Gasteiger partial charge in [0.25, 0.3) is 0 Å². The van der Waals surface area contributed by atoms with Crippen LogP contribution in [0.2, 0.25) is 5.02 Å². The van der Waals surface area contributed by atoms with Gasteiger partial charge < -0.3 is 16.0 Å². The van der Waals surface area contributed by atoms with E-state index in [1.807, 2.05) is 13.0 Å². The Kier molecular flexibility index (Phi) is 5.46. The van der Waals surface area contributed by atoms with Crippen LogP contribution in [0.25, 0.3) is 0 Å². The number of benzene rings is 2. The van der Waals surface area contributed by atoms with Crippen molar-refractivity contribution in [1.82, 2.24) is 0 Å². The van der Waals surface area contributed by atoms with E-state index in [4.69, 9.17) is 11.6 Å². The Labute approximate surface area is 162 Å². The highest BCUT2D eigenvalue weighted by Crippen LogP contribution is 2.40. The highest BCUT2D eigenvalue weighted by Gasteiger charge is 2.48. The molecule has 1 fully saturated rings. The van der Waals surface area contributed by atoms with Gasteiger partial charge in [0, 0.05) is 29.0 Å². The highest BCUT2D eigenvalue weighted by atomic mass is 35.5. The molecule has 0 aromatic heterocycles. The lowest BCUT2D eigenvalue weighted by atomic mass is 10.2. The van der Waals surface area contributed by atoms with Crippen LogP contribution in [0.15, 0.2) is 42.5 Å². The van der Waals surface area contributed by atoms with Gasteiger partial charge >= 0.3 is 0 Å². The van der Waals surface area contributed by atoms with Gasteiger partial charge in [-0.3, -0.25) is 14.4 Å². The van der Waals surface area contributed by atoms with Crippen molar-refractivity contribution in [2.24, 2.45) is 11.8 Å². The number of hydrogen-bond donors (Lipinski definition) is 3. The lowest BCUT2D eigenvalue weighted by molar-refractivity contribution is -0.122. The van der Waals surface area contributed by atoms with E-state index >= 15 is 0 Å². The molecule has 3 amide bonds. The minimum absolute atomic E-state index is 0.186. The molecule has 6 nitrogen and oxygen atoms in total. The van der Waals surface area contributed by atoms with Crippen LogP contribution in [0.5, 0.6) is 0 Å². The third-order valence-corrected chi connectivity index (χ3v) is 4.76. The summed E-state index contributed by atoms with van der Waals surface area (Å²) in [4.78, 5) is 35.8. The summed E-state index contributed by atoms with van der Waals surface area (Å²) in [6.45, 7) is 3.30. The van der Waals surface area contributed by atoms with Crippen molar-refractivity contribution in [2.75, 3.05) is 16.0 Å². The van der Waals surface area contributed by atoms with Gasteiger partial charge in [0.2, 0.25) is 17.7 Å². The number of halogens is 1. The summed E-state index contributed by atoms with van der Waals surface area (Å²) in [5.74, 6) is -1.31. The molecule has 3 rings (SSSR count). The molecule has 0 spiro atoms. The summed E-state index contributed by atoms with van der Waals surface area (Å²) in [6.07, 6.45) is 0.503. The number of carbonyl (C=O) groups is 3. The average molecular weight is 386 g/mol. The SMILES string of the molecule is CC(=O)Nc1cccc(NC(=O)C2CC2C(=O)Nc2ccc(C)c(Cl)c2)c1. The Bertz CT molecular complexity index is 913. The van der Waals surface area contributed by atoms with Crippen molar-refractivity contribution in [2.45, 2.75) is 20.3 Å². The second kappa shape index (κ2) is 7.80. The molecule has 3 N–H and O–H groups in total. The van der Waals surface area contributed by atoms with Crippen LogP contribution in [0.3, 0.4) is 0 Å². The summed E-state index contributed by atoms with van der Waals surface area (Å²) in [6, 6.07) is 12.2. The maximum atomic E-state index is 12.4. The summed E-state index contributed by atoms with van der Waals surface area (Å²) in [5.41, 5.74) is 2.72. The fourth-order valence-corrected chi connectivity index (χ4v) is 2.97. The van der Waals surface area contributed by atoms with E-state index in [0.717, 1.165) is 5.56 Å². The third-order valence-electron chi connectivity index (χ3n) is 4.35. The smallest absolute Gasteiger partial charge is 0.228 e. The molecule has 7 heteroatoms. The lowest BCUT2D eigenvalue weighted by Gasteiger charge is -2.08. The van der Waals surface area contributed by atoms with Gasteiger partial charge in [0.05, 0.1) is 11.8 Å². The Morgan fingerprint density at radius 2 is 1.44 bits per heavy atom. The monoisotopic (exact) mass is 385 g/mol. The summed E-state index contributed by atoms with van der Waals surface area (Å²) >= 11 is 6.06. The molecular weight excluding hydrogens is 366 g/mol. The van der Waals surface area contributed by atoms with E-state index < -0.39 is 0 Å². The average Bonchev–Trinajstić information content (AvgIpc) is 3.39. The zero-order chi connectivity index (χ0) is 19.6. The quantitative estimate of drug-likeness (QED) is 0.731. The molecule has 2 unspecified atom stereocenters. The lowest BCUT2D eigenvalue weighted by Crippen LogP contribution is -2.20. The van der Waals surface area contributed by atoms with Crippen molar-refractivity contribution < 1.29 is 14.4 Å². The van der Waals surface area contributed by atoms with E-state index in [9.17, 15) is 14.4 Å². The molecule has 2 atom stereocenters. The molecule has 1 aliphatic carbocycles. The van der Waals surface area contributed by atoms with E-state index in [1.165, 1.54) is 6.92 Å². The highest BCUT2D eigenvalue weighted by molar-refractivity contribution is 6.31. The van der Waals surface area contributed by atoms with E-state index in [2.05, 4.69) is 16.0 Å². The molecule has 1 saturated carbocycles. The van der Waals surface area contributed by atoms with Crippen molar-refractivity contribution in [3.63, 3.8) is 0 Å². The molecule has 27 heavy (non-hydrogen) atoms. The number of hydrogen-bond acceptors (Lipinski definition) is 3. The van der Waals surface area contributed by atoms with Crippen LogP contribution in [0.4, 0.5) is 17.1 Å². The molecule has 1 aliphatic rings. The van der Waals surface area contributed by atoms with Crippen molar-refractivity contribution in [3.8, 4) is 0 Å². The largest absolute Gasteiger partial charge is 0.326 e. The van der Waals surface area contributed by atoms with Crippen LogP contribution in [-0.4, -0.2) is 17.7 Å². The number of nitrogens with one attached hydrogen (secondary N) is 3. The van der Waals surface area contributed by atoms with Crippen molar-refractivity contribution in [1.29, 1.82) is 0 Å². The topological polar surface area (TPSA) is 87.3 Å². The number of rotatable bonds is 5. The number of anilines is 3. The van der Waals surface area contributed by atoms with Gasteiger partial charge in [-0.05, 0) is 49.2 Å². The maximum Gasteiger partial charge on any atom is 0.228 e. The summed E-state index contributed by atoms with van der Waals surface area (Å²) in [7, 11) is 0. The summed E-state index contributed by atoms with van der Waals surface area (Å²) in [5, 5.41) is 8.83. The van der Waals surface area contributed by atoms with Gasteiger partial charge in [-0.15, -0.1) is 0 Å². The predicted molar refractivity (Wildman–Crippen MR) is 106 cm³/mol. The predicted octanol–water partition coefficient (Wildman–Crippen LogP) is 3.82. The molecule has 0 radical (unpaired) electrons. The first-order valence-corrected chi connectivity index (χ1v) is 8.97. The van der Waals surface area contributed by atoms with Gasteiger partial charge in [-0.2, -0.15) is 0 Å². The minimum Gasteiger partial charge on any atom is -0.326 e. The van der Waals surface area contributed by atoms with Crippen LogP contribution in [0.1, 0.15) is 18.9 Å². The number of amides is 3. The second-order valence-electron chi connectivity index (χ2n) is 6.65. The number of aryl methyl sites for hydroxylation is 1. The molecule has 2 aromatic rings. The third kappa shape index (κ3) is 4.86. The van der Waals surface area contributed by atoms with Gasteiger partial charge in [-0.1, -0.05) is 23.7 Å². The van der Waals surface area contributed by atoms with Gasteiger partial charge in [-0.25, -0.2) is 0 Å². The Balaban J connectivity index is 1.56. The Hall–Kier alpha value is -2.86. The molecule has 140 valence electrons. The first-order valence-electron chi connectivity index (χ1n) is 8.59. The van der Waals surface area contributed by atoms with Crippen LogP contribution < -0.4 is 16.0 Å². The molecule has 2 aromatic carbocycles. The minimum atomic E-state index is -0.365. The van der Waals surface area contributed by atoms with Gasteiger partial charge in [0.1, 0.15) is 0 Å². The van der Waals surface area contributed by atoms with Crippen LogP contribution in [0, 0.1) is 18.8 Å². The van der Waals surface area contributed by atoms with E-state index in [1.54, 1.807) is 36.4 Å². The van der Waals surface area contributed by atoms with E-state index in [0.29, 0.717) is 28.5 Å². The van der Waals surface area contributed by atoms with Gasteiger partial charge in [0.15, 0.2) is 0 Å². The molecule has 0 bridgehead atoms. The van der Waals surface area contributed by atoms with E-state index in [-0.39, 0.29) is 29.6 Å². The molecule has 0 aliphatic heterocycles. The maximum absolute atomic E-state index is 12.4. The van der Waals surface area contributed by atoms with Crippen LogP contribution in [-0.2, 0) is 14.4 Å². The van der Waals surface area contributed by atoms with Crippen molar-refractivity contribution >= 4 is 46.4 Å². The summed E-state index contributed by atoms with van der Waals surface area (Å²) < 4.78 is 0.